The quantitative estimate of drug-likeness (QED) is 0.739. The average Bonchev–Trinajstić information content (AvgIpc) is 2.77. The molecule has 0 spiro atoms. The minimum Gasteiger partial charge on any atom is -0.449 e. The zero-order chi connectivity index (χ0) is 14.5. The van der Waals surface area contributed by atoms with E-state index in [2.05, 4.69) is 4.74 Å². The number of rotatable bonds is 6. The molecule has 0 aromatic heterocycles. The number of hydrogen-bond donors (Lipinski definition) is 2. The lowest BCUT2D eigenvalue weighted by Crippen LogP contribution is -2.50. The molecule has 0 radical (unpaired) electrons. The van der Waals surface area contributed by atoms with E-state index >= 15 is 0 Å². The van der Waals surface area contributed by atoms with Gasteiger partial charge in [-0.25, -0.2) is 9.52 Å². The highest BCUT2D eigenvalue weighted by Crippen LogP contribution is 2.30. The number of nitrogens with one attached hydrogen (secondary N) is 1. The molecule has 2 unspecified atom stereocenters. The van der Waals surface area contributed by atoms with Crippen LogP contribution in [0, 0.1) is 5.92 Å². The molecule has 7 nitrogen and oxygen atoms in total. The molecule has 1 aliphatic rings. The molecule has 19 heavy (non-hydrogen) atoms. The van der Waals surface area contributed by atoms with Crippen molar-refractivity contribution in [3.05, 3.63) is 0 Å². The number of nitrogens with two attached hydrogens (primary N) is 1. The Labute approximate surface area is 114 Å². The minimum absolute atomic E-state index is 0.127. The van der Waals surface area contributed by atoms with Crippen LogP contribution in [-0.2, 0) is 14.9 Å². The van der Waals surface area contributed by atoms with Crippen molar-refractivity contribution in [1.82, 2.24) is 9.03 Å². The summed E-state index contributed by atoms with van der Waals surface area (Å²) in [5, 5.41) is 0. The van der Waals surface area contributed by atoms with Gasteiger partial charge in [0.2, 0.25) is 0 Å². The maximum absolute atomic E-state index is 12.2. The summed E-state index contributed by atoms with van der Waals surface area (Å²) < 4.78 is 32.2. The topological polar surface area (TPSA) is 102 Å². The molecule has 112 valence electrons. The van der Waals surface area contributed by atoms with Gasteiger partial charge in [-0.15, -0.1) is 0 Å². The van der Waals surface area contributed by atoms with Crippen molar-refractivity contribution in [2.45, 2.75) is 39.2 Å². The van der Waals surface area contributed by atoms with Crippen molar-refractivity contribution >= 4 is 16.3 Å². The molecule has 1 amide bonds. The van der Waals surface area contributed by atoms with Gasteiger partial charge in [-0.2, -0.15) is 12.7 Å². The third-order valence-electron chi connectivity index (χ3n) is 3.40. The van der Waals surface area contributed by atoms with Gasteiger partial charge in [-0.05, 0) is 32.2 Å². The molecule has 1 fully saturated rings. The zero-order valence-electron chi connectivity index (χ0n) is 11.5. The van der Waals surface area contributed by atoms with E-state index in [0.717, 1.165) is 19.3 Å². The predicted molar refractivity (Wildman–Crippen MR) is 71.6 cm³/mol. The van der Waals surface area contributed by atoms with Gasteiger partial charge in [0.25, 0.3) is 0 Å². The molecule has 8 heteroatoms. The highest BCUT2D eigenvalue weighted by atomic mass is 32.2. The molecule has 1 aliphatic carbocycles. The summed E-state index contributed by atoms with van der Waals surface area (Å²) >= 11 is 0. The van der Waals surface area contributed by atoms with Gasteiger partial charge in [-0.1, -0.05) is 13.3 Å². The first-order valence-electron chi connectivity index (χ1n) is 6.62. The minimum atomic E-state index is -3.87. The van der Waals surface area contributed by atoms with Gasteiger partial charge >= 0.3 is 16.3 Å². The van der Waals surface area contributed by atoms with E-state index in [4.69, 9.17) is 5.73 Å². The molecule has 0 bridgehead atoms. The van der Waals surface area contributed by atoms with Crippen LogP contribution in [0.15, 0.2) is 0 Å². The normalized spacial score (nSPS) is 23.6. The summed E-state index contributed by atoms with van der Waals surface area (Å²) in [6.45, 7) is 4.25. The maximum atomic E-state index is 12.2. The van der Waals surface area contributed by atoms with Crippen molar-refractivity contribution in [1.29, 1.82) is 0 Å². The van der Waals surface area contributed by atoms with E-state index in [-0.39, 0.29) is 18.6 Å². The first-order valence-corrected chi connectivity index (χ1v) is 8.06. The standard InChI is InChI=1S/C11H23N3O4S/c1-3-14(10-7-5-6-9(10)8-12)19(16,17)13-11(15)18-4-2/h9-10H,3-8,12H2,1-2H3,(H,13,15). The van der Waals surface area contributed by atoms with Crippen molar-refractivity contribution in [3.63, 3.8) is 0 Å². The molecule has 0 aromatic rings. The van der Waals surface area contributed by atoms with Crippen LogP contribution in [0.4, 0.5) is 4.79 Å². The Bertz CT molecular complexity index is 399. The predicted octanol–water partition coefficient (Wildman–Crippen LogP) is 0.427. The van der Waals surface area contributed by atoms with E-state index in [1.807, 2.05) is 4.72 Å². The summed E-state index contributed by atoms with van der Waals surface area (Å²) in [4.78, 5) is 11.3. The largest absolute Gasteiger partial charge is 0.449 e. The average molecular weight is 293 g/mol. The summed E-state index contributed by atoms with van der Waals surface area (Å²) in [7, 11) is -3.87. The van der Waals surface area contributed by atoms with E-state index in [0.29, 0.717) is 13.1 Å². The molecule has 0 saturated heterocycles. The van der Waals surface area contributed by atoms with Crippen LogP contribution in [0.5, 0.6) is 0 Å². The second-order valence-corrected chi connectivity index (χ2v) is 6.15. The van der Waals surface area contributed by atoms with Gasteiger partial charge in [-0.3, -0.25) is 0 Å². The fourth-order valence-corrected chi connectivity index (χ4v) is 3.94. The fourth-order valence-electron chi connectivity index (χ4n) is 2.58. The Kier molecular flexibility index (Phi) is 6.02. The molecule has 2 atom stereocenters. The summed E-state index contributed by atoms with van der Waals surface area (Å²) in [6.07, 6.45) is 1.72. The summed E-state index contributed by atoms with van der Waals surface area (Å²) in [5.41, 5.74) is 5.68. The van der Waals surface area contributed by atoms with Crippen LogP contribution in [0.2, 0.25) is 0 Å². The molecular formula is C11H23N3O4S. The SMILES string of the molecule is CCOC(=O)NS(=O)(=O)N(CC)C1CCCC1CN. The fraction of sp³-hybridized carbons (Fsp3) is 0.909. The van der Waals surface area contributed by atoms with E-state index in [1.54, 1.807) is 13.8 Å². The maximum Gasteiger partial charge on any atom is 0.421 e. The molecule has 1 rings (SSSR count). The molecule has 0 aromatic carbocycles. The van der Waals surface area contributed by atoms with Crippen molar-refractivity contribution < 1.29 is 17.9 Å². The lowest BCUT2D eigenvalue weighted by molar-refractivity contribution is 0.157. The second-order valence-electron chi connectivity index (χ2n) is 4.52. The Morgan fingerprint density at radius 1 is 1.42 bits per heavy atom. The first-order chi connectivity index (χ1) is 8.96. The van der Waals surface area contributed by atoms with Crippen molar-refractivity contribution in [2.75, 3.05) is 19.7 Å². The van der Waals surface area contributed by atoms with Crippen LogP contribution >= 0.6 is 0 Å². The van der Waals surface area contributed by atoms with Crippen LogP contribution in [-0.4, -0.2) is 44.6 Å². The van der Waals surface area contributed by atoms with E-state index in [9.17, 15) is 13.2 Å². The van der Waals surface area contributed by atoms with Gasteiger partial charge in [0.1, 0.15) is 0 Å². The van der Waals surface area contributed by atoms with Crippen LogP contribution in [0.1, 0.15) is 33.1 Å². The third-order valence-corrected chi connectivity index (χ3v) is 4.97. The zero-order valence-corrected chi connectivity index (χ0v) is 12.3. The van der Waals surface area contributed by atoms with Gasteiger partial charge in [0, 0.05) is 12.6 Å². The molecule has 0 aliphatic heterocycles. The summed E-state index contributed by atoms with van der Waals surface area (Å²) in [6, 6.07) is -0.137. The van der Waals surface area contributed by atoms with Gasteiger partial charge in [0.05, 0.1) is 6.61 Å². The lowest BCUT2D eigenvalue weighted by Gasteiger charge is -2.30. The number of hydrogen-bond acceptors (Lipinski definition) is 5. The van der Waals surface area contributed by atoms with Crippen molar-refractivity contribution in [2.24, 2.45) is 11.7 Å². The first kappa shape index (κ1) is 16.2. The number of amides is 1. The molecule has 0 heterocycles. The van der Waals surface area contributed by atoms with Gasteiger partial charge in [0.15, 0.2) is 0 Å². The highest BCUT2D eigenvalue weighted by Gasteiger charge is 2.37. The molecule has 3 N–H and O–H groups in total. The number of ether oxygens (including phenoxy) is 1. The number of carbonyl (C=O) groups is 1. The van der Waals surface area contributed by atoms with Crippen LogP contribution in [0.25, 0.3) is 0 Å². The van der Waals surface area contributed by atoms with Gasteiger partial charge < -0.3 is 10.5 Å². The smallest absolute Gasteiger partial charge is 0.421 e. The third kappa shape index (κ3) is 4.05. The molecular weight excluding hydrogens is 270 g/mol. The molecule has 1 saturated carbocycles. The van der Waals surface area contributed by atoms with Crippen molar-refractivity contribution in [3.8, 4) is 0 Å². The summed E-state index contributed by atoms with van der Waals surface area (Å²) in [5.74, 6) is 0.152. The van der Waals surface area contributed by atoms with E-state index < -0.39 is 16.3 Å². The monoisotopic (exact) mass is 293 g/mol. The highest BCUT2D eigenvalue weighted by molar-refractivity contribution is 7.87. The second kappa shape index (κ2) is 7.06. The number of carbonyl (C=O) groups excluding carboxylic acids is 1. The lowest BCUT2D eigenvalue weighted by atomic mass is 10.0. The van der Waals surface area contributed by atoms with E-state index in [1.165, 1.54) is 4.31 Å². The Hall–Kier alpha value is -0.860. The van der Waals surface area contributed by atoms with Crippen LogP contribution < -0.4 is 10.5 Å². The number of nitrogens with zero attached hydrogens (tertiary/aromatic N) is 1. The Morgan fingerprint density at radius 3 is 2.63 bits per heavy atom. The Balaban J connectivity index is 2.80. The van der Waals surface area contributed by atoms with Crippen LogP contribution in [0.3, 0.4) is 0 Å². The Morgan fingerprint density at radius 2 is 2.11 bits per heavy atom.